The van der Waals surface area contributed by atoms with Crippen LogP contribution in [0.4, 0.5) is 17.6 Å². The molecule has 0 aliphatic heterocycles. The molecule has 0 spiro atoms. The maximum Gasteiger partial charge on any atom is 0.234 e. The molecule has 0 bridgehead atoms. The molecule has 0 atom stereocenters. The normalized spacial score (nSPS) is 10.4. The molecule has 1 aromatic carbocycles. The maximum atomic E-state index is 12.0. The van der Waals surface area contributed by atoms with Crippen LogP contribution in [0.3, 0.4) is 0 Å². The highest BCUT2D eigenvalue weighted by atomic mass is 32.2. The second kappa shape index (κ2) is 6.40. The van der Waals surface area contributed by atoms with Gasteiger partial charge in [-0.1, -0.05) is 30.0 Å². The van der Waals surface area contributed by atoms with Crippen molar-refractivity contribution in [3.05, 3.63) is 29.3 Å². The minimum atomic E-state index is -0.144. The zero-order chi connectivity index (χ0) is 15.4. The van der Waals surface area contributed by atoms with Gasteiger partial charge in [-0.25, -0.2) is 0 Å². The number of carbonyl (C=O) groups excluding carboxylic acids is 1. The standard InChI is InChI=1S/C13H16N6OS/c1-7-4-3-5-8(2)10(7)16-9(20)6-21-13-18-11(14)17-12(15)19-13/h3-5H,6H2,1-2H3,(H,16,20)(H4,14,15,17,18,19). The van der Waals surface area contributed by atoms with Crippen LogP contribution in [0.5, 0.6) is 0 Å². The Bertz CT molecular complexity index is 635. The number of nitrogens with zero attached hydrogens (tertiary/aromatic N) is 3. The van der Waals surface area contributed by atoms with E-state index < -0.39 is 0 Å². The fourth-order valence-electron chi connectivity index (χ4n) is 1.77. The van der Waals surface area contributed by atoms with Crippen molar-refractivity contribution in [2.45, 2.75) is 19.0 Å². The number of carbonyl (C=O) groups is 1. The molecule has 0 saturated carbocycles. The highest BCUT2D eigenvalue weighted by Crippen LogP contribution is 2.20. The van der Waals surface area contributed by atoms with Crippen molar-refractivity contribution >= 4 is 35.3 Å². The number of nitrogen functional groups attached to an aromatic ring is 2. The van der Waals surface area contributed by atoms with E-state index in [0.717, 1.165) is 28.6 Å². The van der Waals surface area contributed by atoms with Crippen molar-refractivity contribution in [2.24, 2.45) is 0 Å². The Balaban J connectivity index is 1.99. The van der Waals surface area contributed by atoms with Gasteiger partial charge in [0.05, 0.1) is 5.75 Å². The Hall–Kier alpha value is -2.35. The lowest BCUT2D eigenvalue weighted by Gasteiger charge is -2.11. The van der Waals surface area contributed by atoms with Crippen LogP contribution in [-0.4, -0.2) is 26.6 Å². The summed E-state index contributed by atoms with van der Waals surface area (Å²) >= 11 is 1.15. The van der Waals surface area contributed by atoms with Gasteiger partial charge >= 0.3 is 0 Å². The minimum absolute atomic E-state index is 0.0418. The number of hydrogen-bond donors (Lipinski definition) is 3. The monoisotopic (exact) mass is 304 g/mol. The predicted molar refractivity (Wildman–Crippen MR) is 83.9 cm³/mol. The summed E-state index contributed by atoms with van der Waals surface area (Å²) in [6.07, 6.45) is 0. The summed E-state index contributed by atoms with van der Waals surface area (Å²) in [5, 5.41) is 3.21. The molecule has 0 aliphatic rings. The predicted octanol–water partition coefficient (Wildman–Crippen LogP) is 1.38. The molecule has 7 nitrogen and oxygen atoms in total. The van der Waals surface area contributed by atoms with E-state index in [0.29, 0.717) is 5.16 Å². The van der Waals surface area contributed by atoms with Crippen LogP contribution in [0.25, 0.3) is 0 Å². The number of aryl methyl sites for hydroxylation is 2. The van der Waals surface area contributed by atoms with Gasteiger partial charge in [0.2, 0.25) is 17.8 Å². The van der Waals surface area contributed by atoms with Crippen LogP contribution < -0.4 is 16.8 Å². The first kappa shape index (κ1) is 15.0. The first-order valence-electron chi connectivity index (χ1n) is 6.21. The Labute approximate surface area is 126 Å². The van der Waals surface area contributed by atoms with Crippen molar-refractivity contribution in [3.8, 4) is 0 Å². The molecule has 21 heavy (non-hydrogen) atoms. The van der Waals surface area contributed by atoms with Gasteiger partial charge in [-0.2, -0.15) is 15.0 Å². The summed E-state index contributed by atoms with van der Waals surface area (Å²) < 4.78 is 0. The van der Waals surface area contributed by atoms with E-state index in [-0.39, 0.29) is 23.6 Å². The summed E-state index contributed by atoms with van der Waals surface area (Å²) in [6.45, 7) is 3.90. The topological polar surface area (TPSA) is 120 Å². The zero-order valence-electron chi connectivity index (χ0n) is 11.8. The molecule has 8 heteroatoms. The number of benzene rings is 1. The third kappa shape index (κ3) is 4.06. The van der Waals surface area contributed by atoms with E-state index in [1.165, 1.54) is 0 Å². The molecular weight excluding hydrogens is 288 g/mol. The number of nitrogens with one attached hydrogen (secondary N) is 1. The fraction of sp³-hybridized carbons (Fsp3) is 0.231. The number of thioether (sulfide) groups is 1. The fourth-order valence-corrected chi connectivity index (χ4v) is 2.42. The quantitative estimate of drug-likeness (QED) is 0.730. The number of aromatic nitrogens is 3. The van der Waals surface area contributed by atoms with Gasteiger partial charge in [0.25, 0.3) is 0 Å². The van der Waals surface area contributed by atoms with Crippen LogP contribution in [0.15, 0.2) is 23.4 Å². The molecule has 0 aliphatic carbocycles. The summed E-state index contributed by atoms with van der Waals surface area (Å²) in [6, 6.07) is 5.84. The SMILES string of the molecule is Cc1cccc(C)c1NC(=O)CSc1nc(N)nc(N)n1. The highest BCUT2D eigenvalue weighted by Gasteiger charge is 2.10. The van der Waals surface area contributed by atoms with Gasteiger partial charge in [0.1, 0.15) is 0 Å². The van der Waals surface area contributed by atoms with Gasteiger partial charge in [-0.3, -0.25) is 4.79 Å². The molecule has 1 aromatic heterocycles. The average molecular weight is 304 g/mol. The van der Waals surface area contributed by atoms with Crippen LogP contribution in [0.1, 0.15) is 11.1 Å². The Morgan fingerprint density at radius 1 is 1.14 bits per heavy atom. The van der Waals surface area contributed by atoms with E-state index in [2.05, 4.69) is 20.3 Å². The highest BCUT2D eigenvalue weighted by molar-refractivity contribution is 7.99. The van der Waals surface area contributed by atoms with Crippen molar-refractivity contribution in [2.75, 3.05) is 22.5 Å². The third-order valence-electron chi connectivity index (χ3n) is 2.73. The van der Waals surface area contributed by atoms with Gasteiger partial charge in [-0.15, -0.1) is 0 Å². The van der Waals surface area contributed by atoms with Gasteiger partial charge in [0.15, 0.2) is 5.16 Å². The van der Waals surface area contributed by atoms with Crippen LogP contribution in [-0.2, 0) is 4.79 Å². The van der Waals surface area contributed by atoms with Gasteiger partial charge in [0, 0.05) is 5.69 Å². The Morgan fingerprint density at radius 3 is 2.29 bits per heavy atom. The van der Waals surface area contributed by atoms with Crippen molar-refractivity contribution in [1.29, 1.82) is 0 Å². The van der Waals surface area contributed by atoms with E-state index in [4.69, 9.17) is 11.5 Å². The number of amides is 1. The molecule has 0 saturated heterocycles. The van der Waals surface area contributed by atoms with Crippen molar-refractivity contribution in [3.63, 3.8) is 0 Å². The summed E-state index contributed by atoms with van der Waals surface area (Å²) in [7, 11) is 0. The molecule has 110 valence electrons. The van der Waals surface area contributed by atoms with E-state index in [1.54, 1.807) is 0 Å². The van der Waals surface area contributed by atoms with Crippen LogP contribution in [0.2, 0.25) is 0 Å². The third-order valence-corrected chi connectivity index (χ3v) is 3.57. The molecule has 0 radical (unpaired) electrons. The van der Waals surface area contributed by atoms with E-state index in [9.17, 15) is 4.79 Å². The van der Waals surface area contributed by atoms with Crippen LogP contribution in [0, 0.1) is 13.8 Å². The molecule has 0 unspecified atom stereocenters. The second-order valence-corrected chi connectivity index (χ2v) is 5.38. The van der Waals surface area contributed by atoms with Crippen molar-refractivity contribution in [1.82, 2.24) is 15.0 Å². The maximum absolute atomic E-state index is 12.0. The smallest absolute Gasteiger partial charge is 0.234 e. The molecule has 2 rings (SSSR count). The van der Waals surface area contributed by atoms with E-state index >= 15 is 0 Å². The number of anilines is 3. The van der Waals surface area contributed by atoms with E-state index in [1.807, 2.05) is 32.0 Å². The minimum Gasteiger partial charge on any atom is -0.368 e. The van der Waals surface area contributed by atoms with Crippen LogP contribution >= 0.6 is 11.8 Å². The molecule has 0 fully saturated rings. The summed E-state index contributed by atoms with van der Waals surface area (Å²) in [5.74, 6) is 0.103. The summed E-state index contributed by atoms with van der Waals surface area (Å²) in [5.41, 5.74) is 13.8. The second-order valence-electron chi connectivity index (χ2n) is 4.44. The lowest BCUT2D eigenvalue weighted by Crippen LogP contribution is -2.16. The first-order chi connectivity index (χ1) is 9.95. The number of para-hydroxylation sites is 1. The molecular formula is C13H16N6OS. The first-order valence-corrected chi connectivity index (χ1v) is 7.20. The lowest BCUT2D eigenvalue weighted by atomic mass is 10.1. The molecule has 1 heterocycles. The van der Waals surface area contributed by atoms with Gasteiger partial charge in [-0.05, 0) is 25.0 Å². The lowest BCUT2D eigenvalue weighted by molar-refractivity contribution is -0.113. The van der Waals surface area contributed by atoms with Crippen molar-refractivity contribution < 1.29 is 4.79 Å². The number of rotatable bonds is 4. The molecule has 2 aromatic rings. The number of nitrogens with two attached hydrogens (primary N) is 2. The largest absolute Gasteiger partial charge is 0.368 e. The van der Waals surface area contributed by atoms with Gasteiger partial charge < -0.3 is 16.8 Å². The zero-order valence-corrected chi connectivity index (χ0v) is 12.6. The number of hydrogen-bond acceptors (Lipinski definition) is 7. The average Bonchev–Trinajstić information content (AvgIpc) is 2.40. The molecule has 5 N–H and O–H groups in total. The Morgan fingerprint density at radius 2 is 1.71 bits per heavy atom. The summed E-state index contributed by atoms with van der Waals surface area (Å²) in [4.78, 5) is 23.5. The Kier molecular flexibility index (Phi) is 4.59. The molecule has 1 amide bonds.